The van der Waals surface area contributed by atoms with Crippen molar-refractivity contribution in [1.82, 2.24) is 9.80 Å². The van der Waals surface area contributed by atoms with Crippen molar-refractivity contribution in [2.45, 2.75) is 44.4 Å². The number of nitrogens with zero attached hydrogens (tertiary/aromatic N) is 2. The smallest absolute Gasteiger partial charge is 0.411 e. The van der Waals surface area contributed by atoms with Crippen LogP contribution in [-0.4, -0.2) is 53.5 Å². The Morgan fingerprint density at radius 3 is 2.53 bits per heavy atom. The number of halogens is 5. The molecule has 1 aliphatic heterocycles. The Balaban J connectivity index is 1.53. The molecule has 0 aromatic heterocycles. The molecule has 4 rings (SSSR count). The molecule has 2 atom stereocenters. The van der Waals surface area contributed by atoms with Crippen LogP contribution in [0.15, 0.2) is 30.3 Å². The Morgan fingerprint density at radius 1 is 1.17 bits per heavy atom. The first-order valence-electron chi connectivity index (χ1n) is 11.0. The van der Waals surface area contributed by atoms with Crippen LogP contribution in [0.5, 0.6) is 0 Å². The SMILES string of the molecule is CC(=O)N1CC(F)(F)CC1OC(=O)N(C)[C@H]1CCc2c(C(=O)Nc3ccc(F)c(Cl)c3)ccc(F)c21. The number of alkyl halides is 2. The van der Waals surface area contributed by atoms with Crippen LogP contribution in [0.2, 0.25) is 5.02 Å². The van der Waals surface area contributed by atoms with Crippen LogP contribution < -0.4 is 5.32 Å². The molecular weight excluding hydrogens is 506 g/mol. The number of benzene rings is 2. The Morgan fingerprint density at radius 2 is 1.86 bits per heavy atom. The molecule has 1 fully saturated rings. The van der Waals surface area contributed by atoms with Crippen LogP contribution in [0.4, 0.5) is 28.0 Å². The Hall–Kier alpha value is -3.34. The van der Waals surface area contributed by atoms with Crippen molar-refractivity contribution in [2.24, 2.45) is 0 Å². The third-order valence-electron chi connectivity index (χ3n) is 6.35. The molecule has 2 aromatic rings. The minimum Gasteiger partial charge on any atom is -0.425 e. The van der Waals surface area contributed by atoms with E-state index in [0.717, 1.165) is 28.9 Å². The maximum Gasteiger partial charge on any atom is 0.411 e. The number of rotatable bonds is 4. The van der Waals surface area contributed by atoms with E-state index in [9.17, 15) is 31.9 Å². The zero-order valence-electron chi connectivity index (χ0n) is 19.3. The van der Waals surface area contributed by atoms with Gasteiger partial charge in [0.2, 0.25) is 5.91 Å². The zero-order valence-corrected chi connectivity index (χ0v) is 20.0. The lowest BCUT2D eigenvalue weighted by atomic mass is 10.0. The Bertz CT molecular complexity index is 1240. The second kappa shape index (κ2) is 9.61. The van der Waals surface area contributed by atoms with Crippen LogP contribution in [0.3, 0.4) is 0 Å². The lowest BCUT2D eigenvalue weighted by molar-refractivity contribution is -0.136. The maximum atomic E-state index is 14.9. The summed E-state index contributed by atoms with van der Waals surface area (Å²) < 4.78 is 61.1. The van der Waals surface area contributed by atoms with Crippen LogP contribution in [0, 0.1) is 11.6 Å². The number of carbonyl (C=O) groups excluding carboxylic acids is 3. The van der Waals surface area contributed by atoms with Gasteiger partial charge in [-0.05, 0) is 48.7 Å². The maximum absolute atomic E-state index is 14.9. The Kier molecular flexibility index (Phi) is 6.87. The molecule has 7 nitrogen and oxygen atoms in total. The molecule has 1 saturated heterocycles. The molecule has 0 saturated carbocycles. The highest BCUT2D eigenvalue weighted by atomic mass is 35.5. The summed E-state index contributed by atoms with van der Waals surface area (Å²) >= 11 is 5.76. The first-order chi connectivity index (χ1) is 16.9. The van der Waals surface area contributed by atoms with Crippen molar-refractivity contribution < 1.29 is 36.7 Å². The molecule has 2 aromatic carbocycles. The van der Waals surface area contributed by atoms with Crippen molar-refractivity contribution in [1.29, 1.82) is 0 Å². The second-order valence-corrected chi connectivity index (χ2v) is 9.19. The molecule has 0 radical (unpaired) electrons. The fraction of sp³-hybridized carbons (Fsp3) is 0.375. The van der Waals surface area contributed by atoms with Crippen molar-refractivity contribution in [3.8, 4) is 0 Å². The van der Waals surface area contributed by atoms with Gasteiger partial charge in [0.15, 0.2) is 6.23 Å². The number of ether oxygens (including phenoxy) is 1. The summed E-state index contributed by atoms with van der Waals surface area (Å²) in [6.45, 7) is 0.240. The largest absolute Gasteiger partial charge is 0.425 e. The van der Waals surface area contributed by atoms with Crippen molar-refractivity contribution in [3.63, 3.8) is 0 Å². The molecule has 1 N–H and O–H groups in total. The number of likely N-dealkylation sites (tertiary alicyclic amines) is 1. The predicted octanol–water partition coefficient (Wildman–Crippen LogP) is 5.14. The number of amides is 3. The molecule has 36 heavy (non-hydrogen) atoms. The number of anilines is 1. The average Bonchev–Trinajstić information content (AvgIpc) is 3.37. The lowest BCUT2D eigenvalue weighted by Crippen LogP contribution is -2.41. The molecular formula is C24H22ClF4N3O4. The van der Waals surface area contributed by atoms with E-state index in [1.807, 2.05) is 0 Å². The molecule has 1 unspecified atom stereocenters. The molecule has 2 aliphatic rings. The molecule has 0 spiro atoms. The van der Waals surface area contributed by atoms with E-state index in [2.05, 4.69) is 5.32 Å². The number of nitrogens with one attached hydrogen (secondary N) is 1. The molecule has 0 bridgehead atoms. The molecule has 192 valence electrons. The highest BCUT2D eigenvalue weighted by Gasteiger charge is 2.48. The summed E-state index contributed by atoms with van der Waals surface area (Å²) in [6.07, 6.45) is -2.78. The first kappa shape index (κ1) is 25.7. The first-order valence-corrected chi connectivity index (χ1v) is 11.4. The topological polar surface area (TPSA) is 79.0 Å². The van der Waals surface area contributed by atoms with E-state index in [0.29, 0.717) is 5.56 Å². The van der Waals surface area contributed by atoms with E-state index in [-0.39, 0.29) is 34.7 Å². The summed E-state index contributed by atoms with van der Waals surface area (Å²) in [5.74, 6) is -5.74. The fourth-order valence-electron chi connectivity index (χ4n) is 4.59. The van der Waals surface area contributed by atoms with Crippen molar-refractivity contribution in [3.05, 3.63) is 63.7 Å². The predicted molar refractivity (Wildman–Crippen MR) is 122 cm³/mol. The van der Waals surface area contributed by atoms with Gasteiger partial charge in [-0.25, -0.2) is 22.4 Å². The quantitative estimate of drug-likeness (QED) is 0.559. The highest BCUT2D eigenvalue weighted by molar-refractivity contribution is 6.31. The standard InChI is InChI=1S/C24H22ClF4N3O4/c1-12(33)32-11-24(28,29)10-20(32)36-23(35)31(2)19-8-5-14-15(4-7-18(27)21(14)19)22(34)30-13-3-6-17(26)16(25)9-13/h3-4,6-7,9,19-20H,5,8,10-11H2,1-2H3,(H,30,34)/t19-,20?/m0/s1. The Labute approximate surface area is 208 Å². The average molecular weight is 528 g/mol. The van der Waals surface area contributed by atoms with Gasteiger partial charge in [0, 0.05) is 30.8 Å². The van der Waals surface area contributed by atoms with Gasteiger partial charge in [0.05, 0.1) is 24.0 Å². The van der Waals surface area contributed by atoms with Crippen LogP contribution >= 0.6 is 11.6 Å². The van der Waals surface area contributed by atoms with E-state index in [1.54, 1.807) is 0 Å². The fourth-order valence-corrected chi connectivity index (χ4v) is 4.77. The second-order valence-electron chi connectivity index (χ2n) is 8.78. The van der Waals surface area contributed by atoms with Gasteiger partial charge in [-0.15, -0.1) is 0 Å². The lowest BCUT2D eigenvalue weighted by Gasteiger charge is -2.29. The summed E-state index contributed by atoms with van der Waals surface area (Å²) in [5.41, 5.74) is 0.889. The highest BCUT2D eigenvalue weighted by Crippen LogP contribution is 2.40. The number of carbonyl (C=O) groups is 3. The number of fused-ring (bicyclic) bond motifs is 1. The summed E-state index contributed by atoms with van der Waals surface area (Å²) in [5, 5.41) is 2.41. The van der Waals surface area contributed by atoms with Crippen LogP contribution in [0.1, 0.15) is 47.3 Å². The minimum absolute atomic E-state index is 0.111. The van der Waals surface area contributed by atoms with Crippen molar-refractivity contribution >= 4 is 35.2 Å². The van der Waals surface area contributed by atoms with Gasteiger partial charge in [-0.3, -0.25) is 9.59 Å². The van der Waals surface area contributed by atoms with Crippen LogP contribution in [-0.2, 0) is 16.0 Å². The third-order valence-corrected chi connectivity index (χ3v) is 6.64. The molecule has 1 aliphatic carbocycles. The van der Waals surface area contributed by atoms with Gasteiger partial charge in [0.25, 0.3) is 11.8 Å². The van der Waals surface area contributed by atoms with Gasteiger partial charge in [-0.1, -0.05) is 11.6 Å². The van der Waals surface area contributed by atoms with Gasteiger partial charge in [-0.2, -0.15) is 0 Å². The van der Waals surface area contributed by atoms with Crippen molar-refractivity contribution in [2.75, 3.05) is 18.9 Å². The zero-order chi connectivity index (χ0) is 26.4. The molecule has 1 heterocycles. The van der Waals surface area contributed by atoms with E-state index in [4.69, 9.17) is 16.3 Å². The minimum atomic E-state index is -3.20. The summed E-state index contributed by atoms with van der Waals surface area (Å²) in [6, 6.07) is 5.23. The van der Waals surface area contributed by atoms with Crippen LogP contribution in [0.25, 0.3) is 0 Å². The van der Waals surface area contributed by atoms with E-state index >= 15 is 0 Å². The van der Waals surface area contributed by atoms with E-state index < -0.39 is 60.7 Å². The van der Waals surface area contributed by atoms with E-state index in [1.165, 1.54) is 25.2 Å². The normalized spacial score (nSPS) is 20.1. The summed E-state index contributed by atoms with van der Waals surface area (Å²) in [7, 11) is 1.33. The van der Waals surface area contributed by atoms with Gasteiger partial charge >= 0.3 is 6.09 Å². The summed E-state index contributed by atoms with van der Waals surface area (Å²) in [4.78, 5) is 39.2. The third kappa shape index (κ3) is 4.97. The number of hydrogen-bond acceptors (Lipinski definition) is 4. The van der Waals surface area contributed by atoms with Gasteiger partial charge < -0.3 is 19.9 Å². The molecule has 12 heteroatoms. The monoisotopic (exact) mass is 527 g/mol. The molecule has 3 amide bonds. The number of hydrogen-bond donors (Lipinski definition) is 1. The van der Waals surface area contributed by atoms with Gasteiger partial charge in [0.1, 0.15) is 11.6 Å².